The predicted octanol–water partition coefficient (Wildman–Crippen LogP) is 5.10. The molecule has 38 heavy (non-hydrogen) atoms. The van der Waals surface area contributed by atoms with Crippen molar-refractivity contribution in [2.45, 2.75) is 51.6 Å². The third kappa shape index (κ3) is 6.74. The van der Waals surface area contributed by atoms with Crippen LogP contribution in [0.25, 0.3) is 0 Å². The summed E-state index contributed by atoms with van der Waals surface area (Å²) in [7, 11) is -4.14. The lowest BCUT2D eigenvalue weighted by atomic mass is 10.1. The van der Waals surface area contributed by atoms with Crippen molar-refractivity contribution < 1.29 is 18.0 Å². The highest BCUT2D eigenvalue weighted by molar-refractivity contribution is 7.92. The summed E-state index contributed by atoms with van der Waals surface area (Å²) in [5.74, 6) is -0.782. The zero-order chi connectivity index (χ0) is 27.9. The van der Waals surface area contributed by atoms with Gasteiger partial charge in [-0.1, -0.05) is 72.6 Å². The monoisotopic (exact) mass is 555 g/mol. The van der Waals surface area contributed by atoms with Gasteiger partial charge in [0.05, 0.1) is 10.6 Å². The van der Waals surface area contributed by atoms with E-state index in [0.717, 1.165) is 15.4 Å². The molecule has 0 spiro atoms. The second-order valence-electron chi connectivity index (χ2n) is 9.04. The normalized spacial score (nSPS) is 12.0. The molecule has 0 saturated heterocycles. The van der Waals surface area contributed by atoms with Crippen LogP contribution in [0.15, 0.2) is 77.7 Å². The zero-order valence-corrected chi connectivity index (χ0v) is 23.7. The summed E-state index contributed by atoms with van der Waals surface area (Å²) in [5, 5.41) is 3.19. The van der Waals surface area contributed by atoms with Crippen molar-refractivity contribution in [2.75, 3.05) is 17.4 Å². The Labute approximate surface area is 230 Å². The Bertz CT molecular complexity index is 1380. The molecule has 0 aromatic heterocycles. The number of anilines is 1. The van der Waals surface area contributed by atoms with Gasteiger partial charge in [-0.2, -0.15) is 0 Å². The number of rotatable bonds is 11. The van der Waals surface area contributed by atoms with Gasteiger partial charge in [-0.15, -0.1) is 0 Å². The third-order valence-electron chi connectivity index (χ3n) is 6.29. The molecular formula is C29H34ClN3O4S. The van der Waals surface area contributed by atoms with Crippen molar-refractivity contribution in [2.24, 2.45) is 0 Å². The topological polar surface area (TPSA) is 86.8 Å². The molecule has 0 fully saturated rings. The van der Waals surface area contributed by atoms with E-state index in [1.807, 2.05) is 45.0 Å². The van der Waals surface area contributed by atoms with Gasteiger partial charge in [0.2, 0.25) is 11.8 Å². The number of sulfonamides is 1. The van der Waals surface area contributed by atoms with Crippen LogP contribution in [0.1, 0.15) is 37.0 Å². The molecule has 3 rings (SSSR count). The van der Waals surface area contributed by atoms with Crippen molar-refractivity contribution in [3.63, 3.8) is 0 Å². The maximum absolute atomic E-state index is 14.0. The van der Waals surface area contributed by atoms with E-state index in [9.17, 15) is 18.0 Å². The summed E-state index contributed by atoms with van der Waals surface area (Å²) in [6, 6.07) is 19.8. The quantitative estimate of drug-likeness (QED) is 0.357. The van der Waals surface area contributed by atoms with Gasteiger partial charge in [-0.3, -0.25) is 13.9 Å². The first kappa shape index (κ1) is 29.2. The average Bonchev–Trinajstić information content (AvgIpc) is 2.89. The van der Waals surface area contributed by atoms with E-state index in [-0.39, 0.29) is 17.3 Å². The van der Waals surface area contributed by atoms with Crippen molar-refractivity contribution >= 4 is 39.1 Å². The molecule has 3 aromatic rings. The molecule has 2 amide bonds. The summed E-state index contributed by atoms with van der Waals surface area (Å²) in [4.78, 5) is 28.5. The molecule has 0 radical (unpaired) electrons. The Morgan fingerprint density at radius 2 is 1.63 bits per heavy atom. The average molecular weight is 556 g/mol. The first-order chi connectivity index (χ1) is 18.1. The Kier molecular flexibility index (Phi) is 9.94. The molecule has 0 saturated carbocycles. The van der Waals surface area contributed by atoms with Crippen LogP contribution in [0.4, 0.5) is 5.69 Å². The molecule has 202 valence electrons. The Morgan fingerprint density at radius 3 is 2.26 bits per heavy atom. The largest absolute Gasteiger partial charge is 0.355 e. The van der Waals surface area contributed by atoms with Gasteiger partial charge in [0, 0.05) is 18.1 Å². The van der Waals surface area contributed by atoms with E-state index in [4.69, 9.17) is 11.6 Å². The standard InChI is InChI=1S/C29H34ClN3O4S/c1-5-26(29(35)31-6-2)32(19-23-13-10-12-21(3)18-23)28(34)20-33(27-17-11-16-25(30)22(27)4)38(36,37)24-14-8-7-9-15-24/h7-18,26H,5-6,19-20H2,1-4H3,(H,31,35). The Morgan fingerprint density at radius 1 is 0.947 bits per heavy atom. The van der Waals surface area contributed by atoms with Crippen LogP contribution >= 0.6 is 11.6 Å². The highest BCUT2D eigenvalue weighted by Gasteiger charge is 2.34. The molecule has 7 nitrogen and oxygen atoms in total. The molecule has 3 aromatic carbocycles. The van der Waals surface area contributed by atoms with E-state index < -0.39 is 28.5 Å². The van der Waals surface area contributed by atoms with E-state index in [1.165, 1.54) is 17.0 Å². The number of amides is 2. The number of nitrogens with one attached hydrogen (secondary N) is 1. The van der Waals surface area contributed by atoms with Crippen LogP contribution in [-0.4, -0.2) is 44.3 Å². The smallest absolute Gasteiger partial charge is 0.264 e. The zero-order valence-electron chi connectivity index (χ0n) is 22.1. The van der Waals surface area contributed by atoms with Crippen molar-refractivity contribution in [3.05, 3.63) is 94.5 Å². The molecule has 0 heterocycles. The van der Waals surface area contributed by atoms with Gasteiger partial charge >= 0.3 is 0 Å². The van der Waals surface area contributed by atoms with Crippen LogP contribution in [0.5, 0.6) is 0 Å². The fourth-order valence-electron chi connectivity index (χ4n) is 4.32. The summed E-state index contributed by atoms with van der Waals surface area (Å²) >= 11 is 6.35. The molecule has 0 aliphatic carbocycles. The highest BCUT2D eigenvalue weighted by atomic mass is 35.5. The number of hydrogen-bond donors (Lipinski definition) is 1. The van der Waals surface area contributed by atoms with Crippen molar-refractivity contribution in [1.82, 2.24) is 10.2 Å². The minimum atomic E-state index is -4.14. The van der Waals surface area contributed by atoms with E-state index in [0.29, 0.717) is 29.2 Å². The van der Waals surface area contributed by atoms with Crippen LogP contribution in [0.2, 0.25) is 5.02 Å². The summed E-state index contributed by atoms with van der Waals surface area (Å²) in [6.07, 6.45) is 0.366. The Hall–Kier alpha value is -3.36. The van der Waals surface area contributed by atoms with Gasteiger partial charge in [0.15, 0.2) is 0 Å². The van der Waals surface area contributed by atoms with Gasteiger partial charge in [-0.25, -0.2) is 8.42 Å². The summed E-state index contributed by atoms with van der Waals surface area (Å²) in [6.45, 7) is 7.38. The van der Waals surface area contributed by atoms with Gasteiger partial charge in [0.1, 0.15) is 12.6 Å². The lowest BCUT2D eigenvalue weighted by Crippen LogP contribution is -2.52. The molecule has 1 N–H and O–H groups in total. The number of nitrogens with zero attached hydrogens (tertiary/aromatic N) is 2. The van der Waals surface area contributed by atoms with E-state index in [1.54, 1.807) is 43.3 Å². The minimum absolute atomic E-state index is 0.0492. The molecule has 1 unspecified atom stereocenters. The van der Waals surface area contributed by atoms with Crippen molar-refractivity contribution in [3.8, 4) is 0 Å². The maximum atomic E-state index is 14.0. The SMILES string of the molecule is CCNC(=O)C(CC)N(Cc1cccc(C)c1)C(=O)CN(c1cccc(Cl)c1C)S(=O)(=O)c1ccccc1. The molecule has 1 atom stereocenters. The number of aryl methyl sites for hydroxylation is 1. The number of benzene rings is 3. The fraction of sp³-hybridized carbons (Fsp3) is 0.310. The number of hydrogen-bond acceptors (Lipinski definition) is 4. The number of carbonyl (C=O) groups excluding carboxylic acids is 2. The second kappa shape index (κ2) is 12.9. The lowest BCUT2D eigenvalue weighted by Gasteiger charge is -2.33. The molecule has 0 aliphatic heterocycles. The third-order valence-corrected chi connectivity index (χ3v) is 8.47. The van der Waals surface area contributed by atoms with Crippen LogP contribution in [0.3, 0.4) is 0 Å². The van der Waals surface area contributed by atoms with Gasteiger partial charge in [-0.05, 0) is 62.6 Å². The highest BCUT2D eigenvalue weighted by Crippen LogP contribution is 2.31. The van der Waals surface area contributed by atoms with E-state index >= 15 is 0 Å². The number of halogens is 1. The molecule has 0 bridgehead atoms. The second-order valence-corrected chi connectivity index (χ2v) is 11.3. The van der Waals surface area contributed by atoms with Crippen LogP contribution < -0.4 is 9.62 Å². The minimum Gasteiger partial charge on any atom is -0.355 e. The van der Waals surface area contributed by atoms with Gasteiger partial charge in [0.25, 0.3) is 10.0 Å². The van der Waals surface area contributed by atoms with Crippen LogP contribution in [0, 0.1) is 13.8 Å². The summed E-state index contributed by atoms with van der Waals surface area (Å²) in [5.41, 5.74) is 2.69. The number of likely N-dealkylation sites (N-methyl/N-ethyl adjacent to an activating group) is 1. The number of carbonyl (C=O) groups is 2. The maximum Gasteiger partial charge on any atom is 0.264 e. The van der Waals surface area contributed by atoms with Crippen molar-refractivity contribution in [1.29, 1.82) is 0 Å². The summed E-state index contributed by atoms with van der Waals surface area (Å²) < 4.78 is 28.8. The lowest BCUT2D eigenvalue weighted by molar-refractivity contribution is -0.140. The molecule has 9 heteroatoms. The predicted molar refractivity (Wildman–Crippen MR) is 152 cm³/mol. The molecular weight excluding hydrogens is 522 g/mol. The van der Waals surface area contributed by atoms with Gasteiger partial charge < -0.3 is 10.2 Å². The first-order valence-electron chi connectivity index (χ1n) is 12.6. The molecule has 0 aliphatic rings. The first-order valence-corrected chi connectivity index (χ1v) is 14.4. The van der Waals surface area contributed by atoms with E-state index in [2.05, 4.69) is 5.32 Å². The Balaban J connectivity index is 2.10. The van der Waals surface area contributed by atoms with Crippen LogP contribution in [-0.2, 0) is 26.2 Å². The fourth-order valence-corrected chi connectivity index (χ4v) is 5.98.